The summed E-state index contributed by atoms with van der Waals surface area (Å²) in [6.07, 6.45) is 5.54. The molecule has 2 aliphatic carbocycles. The number of nitrogens with one attached hydrogen (secondary N) is 2. The van der Waals surface area contributed by atoms with E-state index in [4.69, 9.17) is 0 Å². The van der Waals surface area contributed by atoms with Crippen LogP contribution in [0.2, 0.25) is 0 Å². The maximum atomic E-state index is 13.4. The molecule has 2 atom stereocenters. The lowest BCUT2D eigenvalue weighted by molar-refractivity contribution is -0.134. The van der Waals surface area contributed by atoms with Gasteiger partial charge in [-0.1, -0.05) is 12.1 Å². The van der Waals surface area contributed by atoms with Crippen LogP contribution >= 0.6 is 0 Å². The zero-order chi connectivity index (χ0) is 15.1. The fourth-order valence-electron chi connectivity index (χ4n) is 3.36. The molecule has 2 N–H and O–H groups in total. The normalized spacial score (nSPS) is 27.9. The first-order valence-corrected chi connectivity index (χ1v) is 8.26. The largest absolute Gasteiger partial charge is 0.334 e. The quantitative estimate of drug-likeness (QED) is 0.874. The lowest BCUT2D eigenvalue weighted by atomic mass is 10.0. The number of hydrogen-bond donors (Lipinski definition) is 2. The van der Waals surface area contributed by atoms with Gasteiger partial charge in [-0.2, -0.15) is 0 Å². The van der Waals surface area contributed by atoms with Crippen molar-refractivity contribution in [1.82, 2.24) is 15.8 Å². The Hall–Kier alpha value is -1.46. The van der Waals surface area contributed by atoms with Crippen molar-refractivity contribution in [3.63, 3.8) is 0 Å². The van der Waals surface area contributed by atoms with E-state index < -0.39 is 0 Å². The molecule has 2 unspecified atom stereocenters. The minimum atomic E-state index is -0.241. The van der Waals surface area contributed by atoms with Crippen molar-refractivity contribution in [2.75, 3.05) is 0 Å². The summed E-state index contributed by atoms with van der Waals surface area (Å²) in [7, 11) is 0. The number of amides is 1. The summed E-state index contributed by atoms with van der Waals surface area (Å²) in [5.74, 6) is 0.653. The van der Waals surface area contributed by atoms with E-state index in [0.717, 1.165) is 30.7 Å². The Bertz CT molecular complexity index is 571. The van der Waals surface area contributed by atoms with E-state index in [0.29, 0.717) is 18.6 Å². The summed E-state index contributed by atoms with van der Waals surface area (Å²) < 4.78 is 13.4. The predicted octanol–water partition coefficient (Wildman–Crippen LogP) is 1.96. The highest BCUT2D eigenvalue weighted by atomic mass is 19.1. The van der Waals surface area contributed by atoms with E-state index >= 15 is 0 Å². The van der Waals surface area contributed by atoms with Crippen LogP contribution in [0, 0.1) is 11.7 Å². The van der Waals surface area contributed by atoms with Crippen LogP contribution in [0.5, 0.6) is 0 Å². The van der Waals surface area contributed by atoms with Crippen molar-refractivity contribution >= 4 is 5.91 Å². The third kappa shape index (κ3) is 3.01. The van der Waals surface area contributed by atoms with Crippen LogP contribution in [0.1, 0.15) is 37.7 Å². The van der Waals surface area contributed by atoms with Crippen LogP contribution in [0.25, 0.3) is 0 Å². The summed E-state index contributed by atoms with van der Waals surface area (Å²) in [5, 5.41) is 0. The van der Waals surface area contributed by atoms with Gasteiger partial charge in [0.25, 0.3) is 0 Å². The average molecular weight is 303 g/mol. The van der Waals surface area contributed by atoms with E-state index in [1.165, 1.54) is 25.0 Å². The van der Waals surface area contributed by atoms with Crippen LogP contribution in [0.4, 0.5) is 4.39 Å². The highest BCUT2D eigenvalue weighted by molar-refractivity contribution is 5.82. The molecule has 0 aromatic heterocycles. The molecule has 5 heteroatoms. The van der Waals surface area contributed by atoms with Crippen LogP contribution < -0.4 is 10.9 Å². The van der Waals surface area contributed by atoms with Gasteiger partial charge in [-0.3, -0.25) is 10.2 Å². The molecule has 0 spiro atoms. The van der Waals surface area contributed by atoms with Crippen molar-refractivity contribution in [2.24, 2.45) is 5.92 Å². The van der Waals surface area contributed by atoms with E-state index in [1.54, 1.807) is 6.07 Å². The molecule has 2 saturated carbocycles. The molecular formula is C17H22FN3O. The van der Waals surface area contributed by atoms with Gasteiger partial charge in [0.15, 0.2) is 0 Å². The predicted molar refractivity (Wildman–Crippen MR) is 81.2 cm³/mol. The average Bonchev–Trinajstić information content (AvgIpc) is 3.43. The van der Waals surface area contributed by atoms with E-state index in [1.807, 2.05) is 11.0 Å². The molecule has 0 bridgehead atoms. The molecule has 1 heterocycles. The highest BCUT2D eigenvalue weighted by Gasteiger charge is 2.42. The second kappa shape index (κ2) is 5.63. The summed E-state index contributed by atoms with van der Waals surface area (Å²) in [5.41, 5.74) is 7.32. The molecule has 4 rings (SSSR count). The number of rotatable bonds is 5. The molecule has 1 aliphatic heterocycles. The van der Waals surface area contributed by atoms with Crippen molar-refractivity contribution in [1.29, 1.82) is 0 Å². The summed E-state index contributed by atoms with van der Waals surface area (Å²) in [6.45, 7) is 0.507. The second-order valence-corrected chi connectivity index (χ2v) is 6.85. The molecule has 1 aromatic carbocycles. The topological polar surface area (TPSA) is 44.4 Å². The molecular weight excluding hydrogens is 281 g/mol. The molecule has 3 fully saturated rings. The second-order valence-electron chi connectivity index (χ2n) is 6.85. The molecule has 118 valence electrons. The molecule has 3 aliphatic rings. The van der Waals surface area contributed by atoms with Crippen molar-refractivity contribution in [2.45, 2.75) is 56.8 Å². The smallest absolute Gasteiger partial charge is 0.241 e. The number of carbonyl (C=O) groups excluding carboxylic acids is 1. The highest BCUT2D eigenvalue weighted by Crippen LogP contribution is 2.36. The van der Waals surface area contributed by atoms with Crippen LogP contribution in [-0.4, -0.2) is 28.9 Å². The van der Waals surface area contributed by atoms with Gasteiger partial charge in [0.05, 0.1) is 0 Å². The molecule has 1 amide bonds. The van der Waals surface area contributed by atoms with Crippen molar-refractivity contribution in [3.8, 4) is 0 Å². The van der Waals surface area contributed by atoms with E-state index in [-0.39, 0.29) is 17.8 Å². The first kappa shape index (κ1) is 14.2. The fraction of sp³-hybridized carbons (Fsp3) is 0.588. The minimum Gasteiger partial charge on any atom is -0.334 e. The Labute approximate surface area is 130 Å². The Balaban J connectivity index is 1.44. The standard InChI is InChI=1S/C17H22FN3O/c18-13-3-1-2-11(8-13)10-21(14-6-7-14)17(22)16-9-15(19-20-16)12-4-5-12/h1-3,8,12,14-16,19-20H,4-7,9-10H2. The fourth-order valence-corrected chi connectivity index (χ4v) is 3.36. The Kier molecular flexibility index (Phi) is 3.62. The SMILES string of the molecule is O=C(C1CC(C2CC2)NN1)N(Cc1cccc(F)c1)C1CC1. The van der Waals surface area contributed by atoms with Crippen LogP contribution in [0.15, 0.2) is 24.3 Å². The van der Waals surface area contributed by atoms with Gasteiger partial charge < -0.3 is 4.90 Å². The first-order valence-electron chi connectivity index (χ1n) is 8.26. The van der Waals surface area contributed by atoms with Gasteiger partial charge >= 0.3 is 0 Å². The van der Waals surface area contributed by atoms with Crippen LogP contribution in [0.3, 0.4) is 0 Å². The molecule has 22 heavy (non-hydrogen) atoms. The van der Waals surface area contributed by atoms with Gasteiger partial charge in [0, 0.05) is 18.6 Å². The molecule has 0 radical (unpaired) electrons. The number of carbonyl (C=O) groups is 1. The molecule has 1 aromatic rings. The van der Waals surface area contributed by atoms with Crippen molar-refractivity contribution < 1.29 is 9.18 Å². The van der Waals surface area contributed by atoms with Gasteiger partial charge in [0.2, 0.25) is 5.91 Å². The van der Waals surface area contributed by atoms with Crippen LogP contribution in [-0.2, 0) is 11.3 Å². The third-order valence-electron chi connectivity index (χ3n) is 4.93. The van der Waals surface area contributed by atoms with E-state index in [2.05, 4.69) is 10.9 Å². The lowest BCUT2D eigenvalue weighted by Gasteiger charge is -2.25. The number of hydrogen-bond acceptors (Lipinski definition) is 3. The molecule has 4 nitrogen and oxygen atoms in total. The number of benzene rings is 1. The Morgan fingerprint density at radius 2 is 2.05 bits per heavy atom. The third-order valence-corrected chi connectivity index (χ3v) is 4.93. The van der Waals surface area contributed by atoms with Crippen molar-refractivity contribution in [3.05, 3.63) is 35.6 Å². The number of halogens is 1. The zero-order valence-corrected chi connectivity index (χ0v) is 12.6. The summed E-state index contributed by atoms with van der Waals surface area (Å²) in [6, 6.07) is 7.19. The van der Waals surface area contributed by atoms with E-state index in [9.17, 15) is 9.18 Å². The summed E-state index contributed by atoms with van der Waals surface area (Å²) >= 11 is 0. The van der Waals surface area contributed by atoms with Gasteiger partial charge in [0.1, 0.15) is 11.9 Å². The maximum absolute atomic E-state index is 13.4. The van der Waals surface area contributed by atoms with Gasteiger partial charge in [-0.05, 0) is 55.7 Å². The molecule has 1 saturated heterocycles. The minimum absolute atomic E-state index is 0.139. The van der Waals surface area contributed by atoms with Gasteiger partial charge in [-0.15, -0.1) is 0 Å². The summed E-state index contributed by atoms with van der Waals surface area (Å²) in [4.78, 5) is 14.8. The monoisotopic (exact) mass is 303 g/mol. The first-order chi connectivity index (χ1) is 10.7. The zero-order valence-electron chi connectivity index (χ0n) is 12.6. The number of hydrazine groups is 1. The maximum Gasteiger partial charge on any atom is 0.241 e. The van der Waals surface area contributed by atoms with Gasteiger partial charge in [-0.25, -0.2) is 9.82 Å². The Morgan fingerprint density at radius 3 is 2.73 bits per heavy atom. The number of nitrogens with zero attached hydrogens (tertiary/aromatic N) is 1. The Morgan fingerprint density at radius 1 is 1.23 bits per heavy atom. The lowest BCUT2D eigenvalue weighted by Crippen LogP contribution is -2.46.